The van der Waals surface area contributed by atoms with E-state index in [0.29, 0.717) is 17.0 Å². The van der Waals surface area contributed by atoms with Crippen LogP contribution < -0.4 is 10.5 Å². The molecule has 2 aromatic carbocycles. The van der Waals surface area contributed by atoms with Crippen LogP contribution >= 0.6 is 27.5 Å². The van der Waals surface area contributed by atoms with Gasteiger partial charge >= 0.3 is 0 Å². The van der Waals surface area contributed by atoms with Crippen LogP contribution in [0.3, 0.4) is 0 Å². The van der Waals surface area contributed by atoms with Crippen LogP contribution in [0.5, 0.6) is 5.75 Å². The lowest BCUT2D eigenvalue weighted by molar-refractivity contribution is 0.302. The van der Waals surface area contributed by atoms with E-state index in [1.807, 2.05) is 25.1 Å². The fourth-order valence-corrected chi connectivity index (χ4v) is 2.59. The summed E-state index contributed by atoms with van der Waals surface area (Å²) in [7, 11) is 0. The number of nitrogens with two attached hydrogens (primary N) is 1. The summed E-state index contributed by atoms with van der Waals surface area (Å²) < 4.78 is 20.0. The van der Waals surface area contributed by atoms with Crippen molar-refractivity contribution < 1.29 is 9.13 Å². The Morgan fingerprint density at radius 2 is 2.00 bits per heavy atom. The molecule has 2 aromatic rings. The maximum Gasteiger partial charge on any atom is 0.123 e. The van der Waals surface area contributed by atoms with E-state index in [0.717, 1.165) is 15.8 Å². The van der Waals surface area contributed by atoms with Crippen LogP contribution in [0.15, 0.2) is 40.9 Å². The van der Waals surface area contributed by atoms with Crippen LogP contribution in [0.1, 0.15) is 18.1 Å². The van der Waals surface area contributed by atoms with Crippen LogP contribution in [0.2, 0.25) is 5.02 Å². The average Bonchev–Trinajstić information content (AvgIpc) is 2.41. The summed E-state index contributed by atoms with van der Waals surface area (Å²) in [6.45, 7) is 2.15. The van der Waals surface area contributed by atoms with Gasteiger partial charge in [0.1, 0.15) is 18.2 Å². The smallest absolute Gasteiger partial charge is 0.123 e. The van der Waals surface area contributed by atoms with Gasteiger partial charge in [-0.3, -0.25) is 0 Å². The van der Waals surface area contributed by atoms with Gasteiger partial charge in [0.05, 0.1) is 0 Å². The number of benzene rings is 2. The van der Waals surface area contributed by atoms with Crippen molar-refractivity contribution in [2.45, 2.75) is 26.0 Å². The zero-order valence-corrected chi connectivity index (χ0v) is 13.9. The molecule has 0 aliphatic heterocycles. The second-order valence-electron chi connectivity index (χ2n) is 4.96. The monoisotopic (exact) mass is 371 g/mol. The van der Waals surface area contributed by atoms with Gasteiger partial charge in [0.25, 0.3) is 0 Å². The molecule has 2 N–H and O–H groups in total. The lowest BCUT2D eigenvalue weighted by Crippen LogP contribution is -2.18. The van der Waals surface area contributed by atoms with Crippen molar-refractivity contribution in [3.8, 4) is 5.75 Å². The van der Waals surface area contributed by atoms with E-state index in [4.69, 9.17) is 22.1 Å². The zero-order valence-electron chi connectivity index (χ0n) is 11.6. The molecule has 0 spiro atoms. The van der Waals surface area contributed by atoms with Gasteiger partial charge in [-0.25, -0.2) is 4.39 Å². The van der Waals surface area contributed by atoms with E-state index in [-0.39, 0.29) is 18.5 Å². The van der Waals surface area contributed by atoms with Gasteiger partial charge in [0.2, 0.25) is 0 Å². The van der Waals surface area contributed by atoms with E-state index in [9.17, 15) is 4.39 Å². The fourth-order valence-electron chi connectivity index (χ4n) is 2.00. The molecule has 0 heterocycles. The Kier molecular flexibility index (Phi) is 5.62. The summed E-state index contributed by atoms with van der Waals surface area (Å²) in [6, 6.07) is 10.0. The summed E-state index contributed by atoms with van der Waals surface area (Å²) in [4.78, 5) is 0. The van der Waals surface area contributed by atoms with E-state index in [2.05, 4.69) is 15.9 Å². The molecule has 21 heavy (non-hydrogen) atoms. The fraction of sp³-hybridized carbons (Fsp3) is 0.250. The van der Waals surface area contributed by atoms with Gasteiger partial charge in [-0.05, 0) is 55.3 Å². The zero-order chi connectivity index (χ0) is 15.4. The summed E-state index contributed by atoms with van der Waals surface area (Å²) in [5, 5.41) is 0.488. The summed E-state index contributed by atoms with van der Waals surface area (Å²) >= 11 is 9.47. The molecule has 1 unspecified atom stereocenters. The van der Waals surface area contributed by atoms with Crippen LogP contribution in [-0.2, 0) is 13.0 Å². The highest BCUT2D eigenvalue weighted by Gasteiger charge is 2.09. The van der Waals surface area contributed by atoms with Crippen LogP contribution in [0.25, 0.3) is 0 Å². The van der Waals surface area contributed by atoms with Crippen LogP contribution in [0.4, 0.5) is 4.39 Å². The minimum Gasteiger partial charge on any atom is -0.489 e. The molecule has 0 bridgehead atoms. The van der Waals surface area contributed by atoms with Crippen molar-refractivity contribution >= 4 is 27.5 Å². The summed E-state index contributed by atoms with van der Waals surface area (Å²) in [5.74, 6) is 0.403. The Hall–Kier alpha value is -1.10. The third-order valence-electron chi connectivity index (χ3n) is 2.96. The second kappa shape index (κ2) is 7.25. The predicted octanol–water partition coefficient (Wildman–Crippen LogP) is 4.71. The van der Waals surface area contributed by atoms with Crippen molar-refractivity contribution in [1.29, 1.82) is 0 Å². The Morgan fingerprint density at radius 1 is 1.24 bits per heavy atom. The maximum absolute atomic E-state index is 13.2. The second-order valence-corrected chi connectivity index (χ2v) is 6.28. The van der Waals surface area contributed by atoms with Gasteiger partial charge in [-0.2, -0.15) is 0 Å². The minimum atomic E-state index is -0.329. The number of halogens is 3. The molecule has 0 amide bonds. The molecule has 0 aliphatic rings. The van der Waals surface area contributed by atoms with Crippen LogP contribution in [-0.4, -0.2) is 6.04 Å². The van der Waals surface area contributed by atoms with Crippen molar-refractivity contribution in [1.82, 2.24) is 0 Å². The largest absolute Gasteiger partial charge is 0.489 e. The Balaban J connectivity index is 2.17. The topological polar surface area (TPSA) is 35.2 Å². The molecule has 0 radical (unpaired) electrons. The first-order chi connectivity index (χ1) is 9.95. The van der Waals surface area contributed by atoms with Crippen molar-refractivity contribution in [3.63, 3.8) is 0 Å². The Labute approximate surface area is 137 Å². The first-order valence-electron chi connectivity index (χ1n) is 6.56. The number of ether oxygens (including phenoxy) is 1. The normalized spacial score (nSPS) is 12.2. The molecule has 0 aliphatic carbocycles. The number of hydrogen-bond acceptors (Lipinski definition) is 2. The summed E-state index contributed by atoms with van der Waals surface area (Å²) in [6.07, 6.45) is 0.700. The van der Waals surface area contributed by atoms with Gasteiger partial charge in [0, 0.05) is 21.1 Å². The molecule has 112 valence electrons. The summed E-state index contributed by atoms with van der Waals surface area (Å²) in [5.41, 5.74) is 7.48. The van der Waals surface area contributed by atoms with Gasteiger partial charge in [-0.1, -0.05) is 27.5 Å². The van der Waals surface area contributed by atoms with Gasteiger partial charge in [-0.15, -0.1) is 0 Å². The molecule has 5 heteroatoms. The maximum atomic E-state index is 13.2. The molecule has 1 atom stereocenters. The van der Waals surface area contributed by atoms with Crippen LogP contribution in [0, 0.1) is 5.82 Å². The highest BCUT2D eigenvalue weighted by atomic mass is 79.9. The highest BCUT2D eigenvalue weighted by molar-refractivity contribution is 9.10. The molecule has 0 aromatic heterocycles. The Bertz CT molecular complexity index is 634. The van der Waals surface area contributed by atoms with E-state index < -0.39 is 0 Å². The molecule has 0 fully saturated rings. The van der Waals surface area contributed by atoms with E-state index >= 15 is 0 Å². The Morgan fingerprint density at radius 3 is 2.71 bits per heavy atom. The minimum absolute atomic E-state index is 0.0272. The average molecular weight is 373 g/mol. The molecular weight excluding hydrogens is 357 g/mol. The first kappa shape index (κ1) is 16.3. The molecular formula is C16H16BrClFNO. The van der Waals surface area contributed by atoms with Crippen molar-refractivity contribution in [2.75, 3.05) is 0 Å². The molecule has 2 rings (SSSR count). The van der Waals surface area contributed by atoms with Crippen molar-refractivity contribution in [3.05, 3.63) is 62.8 Å². The molecule has 0 saturated heterocycles. The van der Waals surface area contributed by atoms with Gasteiger partial charge < -0.3 is 10.5 Å². The standard InChI is InChI=1S/C16H16BrClFNO/c1-10(20)6-11-7-13(17)2-5-16(11)21-9-12-8-14(19)3-4-15(12)18/h2-5,7-8,10H,6,9,20H2,1H3. The van der Waals surface area contributed by atoms with E-state index in [1.165, 1.54) is 18.2 Å². The predicted molar refractivity (Wildman–Crippen MR) is 87.2 cm³/mol. The lowest BCUT2D eigenvalue weighted by Gasteiger charge is -2.14. The van der Waals surface area contributed by atoms with Crippen molar-refractivity contribution in [2.24, 2.45) is 5.73 Å². The quantitative estimate of drug-likeness (QED) is 0.825. The van der Waals surface area contributed by atoms with Gasteiger partial charge in [0.15, 0.2) is 0 Å². The first-order valence-corrected chi connectivity index (χ1v) is 7.73. The number of rotatable bonds is 5. The molecule has 0 saturated carbocycles. The third-order valence-corrected chi connectivity index (χ3v) is 3.82. The third kappa shape index (κ3) is 4.70. The lowest BCUT2D eigenvalue weighted by atomic mass is 10.1. The SMILES string of the molecule is CC(N)Cc1cc(Br)ccc1OCc1cc(F)ccc1Cl. The highest BCUT2D eigenvalue weighted by Crippen LogP contribution is 2.26. The number of hydrogen-bond donors (Lipinski definition) is 1. The van der Waals surface area contributed by atoms with E-state index in [1.54, 1.807) is 0 Å². The molecule has 2 nitrogen and oxygen atoms in total.